The van der Waals surface area contributed by atoms with Crippen molar-refractivity contribution in [3.05, 3.63) is 70.9 Å². The van der Waals surface area contributed by atoms with E-state index in [1.807, 2.05) is 31.2 Å². The van der Waals surface area contributed by atoms with Crippen LogP contribution in [-0.2, 0) is 0 Å². The molecule has 4 nitrogen and oxygen atoms in total. The van der Waals surface area contributed by atoms with Gasteiger partial charge in [0, 0.05) is 16.3 Å². The standard InChI is InChI=1S/C18H14ClNO3/c1-11-5-8-17(23-11)12-3-2-4-14(9-12)20-18(22)15-10-13(19)6-7-16(15)21/h2-10,21H,1H3,(H,20,22). The van der Waals surface area contributed by atoms with Crippen molar-refractivity contribution in [2.24, 2.45) is 0 Å². The molecule has 2 N–H and O–H groups in total. The number of anilines is 1. The van der Waals surface area contributed by atoms with Crippen LogP contribution in [0.25, 0.3) is 11.3 Å². The molecule has 0 aliphatic carbocycles. The topological polar surface area (TPSA) is 62.5 Å². The fourth-order valence-corrected chi connectivity index (χ4v) is 2.40. The van der Waals surface area contributed by atoms with Crippen molar-refractivity contribution in [3.63, 3.8) is 0 Å². The third-order valence-corrected chi connectivity index (χ3v) is 3.58. The number of carbonyl (C=O) groups excluding carboxylic acids is 1. The second-order valence-corrected chi connectivity index (χ2v) is 5.54. The van der Waals surface area contributed by atoms with Crippen LogP contribution in [0.2, 0.25) is 5.02 Å². The number of rotatable bonds is 3. The SMILES string of the molecule is Cc1ccc(-c2cccc(NC(=O)c3cc(Cl)ccc3O)c2)o1. The molecule has 0 aliphatic heterocycles. The van der Waals surface area contributed by atoms with Crippen LogP contribution in [0.15, 0.2) is 59.0 Å². The highest BCUT2D eigenvalue weighted by Crippen LogP contribution is 2.26. The zero-order valence-corrected chi connectivity index (χ0v) is 13.1. The zero-order valence-electron chi connectivity index (χ0n) is 12.3. The summed E-state index contributed by atoms with van der Waals surface area (Å²) in [6, 6.07) is 15.4. The molecule has 1 heterocycles. The smallest absolute Gasteiger partial charge is 0.259 e. The first-order valence-electron chi connectivity index (χ1n) is 7.00. The maximum absolute atomic E-state index is 12.3. The van der Waals surface area contributed by atoms with E-state index in [0.717, 1.165) is 17.1 Å². The lowest BCUT2D eigenvalue weighted by Gasteiger charge is -2.08. The molecule has 0 fully saturated rings. The van der Waals surface area contributed by atoms with E-state index < -0.39 is 5.91 Å². The second-order valence-electron chi connectivity index (χ2n) is 5.11. The second kappa shape index (κ2) is 6.18. The molecule has 1 aromatic heterocycles. The maximum Gasteiger partial charge on any atom is 0.259 e. The molecule has 116 valence electrons. The summed E-state index contributed by atoms with van der Waals surface area (Å²) in [4.78, 5) is 12.3. The van der Waals surface area contributed by atoms with E-state index >= 15 is 0 Å². The molecule has 0 bridgehead atoms. The van der Waals surface area contributed by atoms with Gasteiger partial charge in [0.15, 0.2) is 0 Å². The minimum atomic E-state index is -0.433. The number of carbonyl (C=O) groups is 1. The van der Waals surface area contributed by atoms with E-state index in [0.29, 0.717) is 10.7 Å². The molecular weight excluding hydrogens is 314 g/mol. The largest absolute Gasteiger partial charge is 0.507 e. The Balaban J connectivity index is 1.85. The number of halogens is 1. The maximum atomic E-state index is 12.3. The van der Waals surface area contributed by atoms with E-state index in [9.17, 15) is 9.90 Å². The van der Waals surface area contributed by atoms with Gasteiger partial charge in [0.1, 0.15) is 17.3 Å². The fraction of sp³-hybridized carbons (Fsp3) is 0.0556. The van der Waals surface area contributed by atoms with Crippen LogP contribution < -0.4 is 5.32 Å². The van der Waals surface area contributed by atoms with Crippen molar-refractivity contribution in [2.45, 2.75) is 6.92 Å². The Kier molecular flexibility index (Phi) is 4.08. The van der Waals surface area contributed by atoms with Gasteiger partial charge in [0.25, 0.3) is 5.91 Å². The predicted molar refractivity (Wildman–Crippen MR) is 90.0 cm³/mol. The van der Waals surface area contributed by atoms with Crippen LogP contribution in [0, 0.1) is 6.92 Å². The molecule has 3 rings (SSSR count). The molecule has 0 atom stereocenters. The summed E-state index contributed by atoms with van der Waals surface area (Å²) in [5.41, 5.74) is 1.57. The molecule has 23 heavy (non-hydrogen) atoms. The van der Waals surface area contributed by atoms with Crippen molar-refractivity contribution in [1.82, 2.24) is 0 Å². The van der Waals surface area contributed by atoms with Gasteiger partial charge in [0.05, 0.1) is 5.56 Å². The first-order chi connectivity index (χ1) is 11.0. The minimum absolute atomic E-state index is 0.121. The summed E-state index contributed by atoms with van der Waals surface area (Å²) in [5, 5.41) is 12.9. The Morgan fingerprint density at radius 2 is 1.96 bits per heavy atom. The quantitative estimate of drug-likeness (QED) is 0.721. The zero-order chi connectivity index (χ0) is 16.4. The normalized spacial score (nSPS) is 10.5. The summed E-state index contributed by atoms with van der Waals surface area (Å²) < 4.78 is 5.58. The van der Waals surface area contributed by atoms with Crippen LogP contribution in [0.5, 0.6) is 5.75 Å². The number of hydrogen-bond acceptors (Lipinski definition) is 3. The Morgan fingerprint density at radius 3 is 2.70 bits per heavy atom. The van der Waals surface area contributed by atoms with Gasteiger partial charge in [-0.25, -0.2) is 0 Å². The van der Waals surface area contributed by atoms with Crippen LogP contribution in [-0.4, -0.2) is 11.0 Å². The van der Waals surface area contributed by atoms with Crippen LogP contribution >= 0.6 is 11.6 Å². The number of phenolic OH excluding ortho intramolecular Hbond substituents is 1. The molecule has 5 heteroatoms. The van der Waals surface area contributed by atoms with E-state index in [1.165, 1.54) is 18.2 Å². The van der Waals surface area contributed by atoms with E-state index in [2.05, 4.69) is 5.32 Å². The predicted octanol–water partition coefficient (Wildman–Crippen LogP) is 4.87. The molecule has 1 amide bonds. The highest BCUT2D eigenvalue weighted by Gasteiger charge is 2.12. The number of amides is 1. The lowest BCUT2D eigenvalue weighted by atomic mass is 10.1. The molecular formula is C18H14ClNO3. The third kappa shape index (κ3) is 3.38. The summed E-state index contributed by atoms with van der Waals surface area (Å²) in [6.45, 7) is 1.87. The molecule has 3 aromatic rings. The number of furan rings is 1. The van der Waals surface area contributed by atoms with Crippen molar-refractivity contribution >= 4 is 23.2 Å². The minimum Gasteiger partial charge on any atom is -0.507 e. The number of phenols is 1. The molecule has 0 saturated carbocycles. The van der Waals surface area contributed by atoms with Crippen LogP contribution in [0.3, 0.4) is 0 Å². The van der Waals surface area contributed by atoms with Gasteiger partial charge in [-0.3, -0.25) is 4.79 Å². The highest BCUT2D eigenvalue weighted by atomic mass is 35.5. The number of nitrogens with one attached hydrogen (secondary N) is 1. The number of aryl methyl sites for hydroxylation is 1. The van der Waals surface area contributed by atoms with Gasteiger partial charge in [-0.1, -0.05) is 23.7 Å². The highest BCUT2D eigenvalue weighted by molar-refractivity contribution is 6.31. The van der Waals surface area contributed by atoms with E-state index in [1.54, 1.807) is 12.1 Å². The Bertz CT molecular complexity index is 870. The molecule has 0 aliphatic rings. The average molecular weight is 328 g/mol. The first-order valence-corrected chi connectivity index (χ1v) is 7.37. The Hall–Kier alpha value is -2.72. The average Bonchev–Trinajstić information content (AvgIpc) is 2.96. The van der Waals surface area contributed by atoms with Gasteiger partial charge in [-0.05, 0) is 49.4 Å². The Morgan fingerprint density at radius 1 is 1.13 bits per heavy atom. The number of aromatic hydroxyl groups is 1. The van der Waals surface area contributed by atoms with Crippen molar-refractivity contribution in [1.29, 1.82) is 0 Å². The van der Waals surface area contributed by atoms with Gasteiger partial charge in [-0.15, -0.1) is 0 Å². The summed E-state index contributed by atoms with van der Waals surface area (Å²) in [5.74, 6) is 0.991. The first kappa shape index (κ1) is 15.2. The summed E-state index contributed by atoms with van der Waals surface area (Å²) in [6.07, 6.45) is 0. The number of benzene rings is 2. The van der Waals surface area contributed by atoms with Gasteiger partial charge in [0.2, 0.25) is 0 Å². The van der Waals surface area contributed by atoms with Crippen LogP contribution in [0.1, 0.15) is 16.1 Å². The summed E-state index contributed by atoms with van der Waals surface area (Å²) in [7, 11) is 0. The van der Waals surface area contributed by atoms with Gasteiger partial charge >= 0.3 is 0 Å². The Labute approximate surface area is 138 Å². The number of hydrogen-bond donors (Lipinski definition) is 2. The van der Waals surface area contributed by atoms with E-state index in [-0.39, 0.29) is 11.3 Å². The fourth-order valence-electron chi connectivity index (χ4n) is 2.23. The van der Waals surface area contributed by atoms with Crippen molar-refractivity contribution < 1.29 is 14.3 Å². The van der Waals surface area contributed by atoms with Gasteiger partial charge in [-0.2, -0.15) is 0 Å². The van der Waals surface area contributed by atoms with Crippen molar-refractivity contribution in [2.75, 3.05) is 5.32 Å². The van der Waals surface area contributed by atoms with Crippen LogP contribution in [0.4, 0.5) is 5.69 Å². The molecule has 0 unspecified atom stereocenters. The summed E-state index contributed by atoms with van der Waals surface area (Å²) >= 11 is 5.87. The monoisotopic (exact) mass is 327 g/mol. The molecule has 0 radical (unpaired) electrons. The van der Waals surface area contributed by atoms with E-state index in [4.69, 9.17) is 16.0 Å². The third-order valence-electron chi connectivity index (χ3n) is 3.35. The lowest BCUT2D eigenvalue weighted by molar-refractivity contribution is 0.102. The van der Waals surface area contributed by atoms with Crippen molar-refractivity contribution in [3.8, 4) is 17.1 Å². The molecule has 0 spiro atoms. The lowest BCUT2D eigenvalue weighted by Crippen LogP contribution is -2.12. The molecule has 2 aromatic carbocycles. The van der Waals surface area contributed by atoms with Gasteiger partial charge < -0.3 is 14.8 Å². The molecule has 0 saturated heterocycles.